The van der Waals surface area contributed by atoms with E-state index in [0.717, 1.165) is 4.34 Å². The fraction of sp³-hybridized carbons (Fsp3) is 0.400. The molecule has 16 heavy (non-hydrogen) atoms. The van der Waals surface area contributed by atoms with Gasteiger partial charge in [-0.25, -0.2) is 9.71 Å². The highest BCUT2D eigenvalue weighted by molar-refractivity contribution is 8.36. The average Bonchev–Trinajstić information content (AvgIpc) is 2.86. The lowest BCUT2D eigenvalue weighted by Crippen LogP contribution is -2.36. The number of nitrogens with zero attached hydrogens (tertiary/aromatic N) is 3. The number of hydrogen-bond donors (Lipinski definition) is 2. The van der Waals surface area contributed by atoms with E-state index in [4.69, 9.17) is 26.8 Å². The molecule has 0 fully saturated rings. The third kappa shape index (κ3) is 3.16. The number of aromatic nitrogens is 2. The second kappa shape index (κ2) is 5.61. The predicted molar refractivity (Wildman–Crippen MR) is 73.2 cm³/mol. The lowest BCUT2D eigenvalue weighted by atomic mass is 10.6. The van der Waals surface area contributed by atoms with Crippen molar-refractivity contribution in [2.75, 3.05) is 5.75 Å². The molecule has 0 saturated carbocycles. The lowest BCUT2D eigenvalue weighted by molar-refractivity contribution is 0.668. The topological polar surface area (TPSA) is 70.4 Å². The summed E-state index contributed by atoms with van der Waals surface area (Å²) in [5.74, 6) is 0.391. The van der Waals surface area contributed by atoms with Gasteiger partial charge in [0.25, 0.3) is 0 Å². The third-order valence-corrected chi connectivity index (χ3v) is 6.98. The third-order valence-electron chi connectivity index (χ3n) is 1.49. The van der Waals surface area contributed by atoms with Crippen molar-refractivity contribution in [2.45, 2.75) is 9.46 Å². The molecule has 88 valence electrons. The highest BCUT2D eigenvalue weighted by Gasteiger charge is 2.43. The van der Waals surface area contributed by atoms with Gasteiger partial charge in [-0.1, -0.05) is 11.6 Å². The van der Waals surface area contributed by atoms with Crippen molar-refractivity contribution in [2.24, 2.45) is 4.99 Å². The van der Waals surface area contributed by atoms with Gasteiger partial charge in [0.15, 0.2) is 30.9 Å². The van der Waals surface area contributed by atoms with E-state index < -0.39 is 15.2 Å². The monoisotopic (exact) mass is 335 g/mol. The molecule has 0 aliphatic carbocycles. The highest BCUT2D eigenvalue weighted by Crippen LogP contribution is 2.34. The molecule has 11 heteroatoms. The van der Waals surface area contributed by atoms with Crippen LogP contribution in [0, 0.1) is 0 Å². The molecular formula is C5H5Cl2N4OS4+. The van der Waals surface area contributed by atoms with Gasteiger partial charge in [-0.3, -0.25) is 0 Å². The van der Waals surface area contributed by atoms with Gasteiger partial charge in [-0.15, -0.1) is 0 Å². The maximum absolute atomic E-state index is 8.83. The summed E-state index contributed by atoms with van der Waals surface area (Å²) in [7, 11) is 5.53. The first-order valence-electron chi connectivity index (χ1n) is 3.81. The number of alkyl halides is 1. The summed E-state index contributed by atoms with van der Waals surface area (Å²) >= 11 is 9.18. The number of halogens is 2. The standard InChI is InChI=1S/C5H4Cl2N4OS4/c6-5(10-3(15-12)13-11-5)1-16(7)4-8-2-9-14-4/h2,11H,1H2/p+1/t5-,16?/m0/s1. The molecule has 1 unspecified atom stereocenters. The van der Waals surface area contributed by atoms with Crippen molar-refractivity contribution in [1.29, 1.82) is 0 Å². The second-order valence-corrected chi connectivity index (χ2v) is 8.36. The van der Waals surface area contributed by atoms with Gasteiger partial charge in [-0.2, -0.15) is 9.36 Å². The molecule has 0 saturated heterocycles. The van der Waals surface area contributed by atoms with E-state index in [9.17, 15) is 0 Å². The summed E-state index contributed by atoms with van der Waals surface area (Å²) in [5, 5.41) is -0.980. The van der Waals surface area contributed by atoms with E-state index in [-0.39, 0.29) is 0 Å². The van der Waals surface area contributed by atoms with E-state index in [2.05, 4.69) is 19.1 Å². The minimum atomic E-state index is -0.980. The number of aliphatic imine (C=N–C) groups is 1. The normalized spacial score (nSPS) is 26.8. The van der Waals surface area contributed by atoms with Gasteiger partial charge in [0, 0.05) is 11.5 Å². The average molecular weight is 336 g/mol. The minimum Gasteiger partial charge on any atom is -0.324 e. The molecule has 1 aliphatic heterocycles. The summed E-state index contributed by atoms with van der Waals surface area (Å²) in [6.07, 6.45) is 1.46. The van der Waals surface area contributed by atoms with Crippen LogP contribution in [0.5, 0.6) is 0 Å². The molecule has 2 heterocycles. The van der Waals surface area contributed by atoms with E-state index >= 15 is 0 Å². The molecule has 1 aromatic heterocycles. The fourth-order valence-corrected chi connectivity index (χ4v) is 5.34. The summed E-state index contributed by atoms with van der Waals surface area (Å²) < 4.78 is 16.8. The predicted octanol–water partition coefficient (Wildman–Crippen LogP) is 2.38. The second-order valence-electron chi connectivity index (χ2n) is 2.61. The van der Waals surface area contributed by atoms with Gasteiger partial charge >= 0.3 is 4.34 Å². The van der Waals surface area contributed by atoms with Crippen LogP contribution in [0.1, 0.15) is 0 Å². The van der Waals surface area contributed by atoms with Crippen LogP contribution in [0.3, 0.4) is 0 Å². The van der Waals surface area contributed by atoms with Crippen molar-refractivity contribution < 1.29 is 4.55 Å². The molecule has 1 aromatic rings. The fourth-order valence-electron chi connectivity index (χ4n) is 0.903. The highest BCUT2D eigenvalue weighted by atomic mass is 35.7. The molecule has 0 amide bonds. The maximum atomic E-state index is 8.83. The largest absolute Gasteiger partial charge is 0.343 e. The molecule has 1 aliphatic rings. The van der Waals surface area contributed by atoms with E-state index in [0.29, 0.717) is 22.2 Å². The van der Waals surface area contributed by atoms with Crippen LogP contribution in [-0.2, 0) is 10.1 Å². The van der Waals surface area contributed by atoms with Crippen LogP contribution in [0.4, 0.5) is 0 Å². The summed E-state index contributed by atoms with van der Waals surface area (Å²) in [6.45, 7) is 0. The molecule has 5 nitrogen and oxygen atoms in total. The first-order chi connectivity index (χ1) is 7.63. The Labute approximate surface area is 117 Å². The minimum absolute atomic E-state index is 0.391. The summed E-state index contributed by atoms with van der Waals surface area (Å²) in [4.78, 5) is 8.13. The quantitative estimate of drug-likeness (QED) is 0.290. The number of nitrogens with one attached hydrogen (secondary N) is 1. The van der Waals surface area contributed by atoms with Crippen LogP contribution >= 0.6 is 57.8 Å². The zero-order valence-corrected chi connectivity index (χ0v) is 12.2. The Kier molecular flexibility index (Phi) is 4.64. The molecule has 2 N–H and O–H groups in total. The van der Waals surface area contributed by atoms with E-state index in [1.807, 2.05) is 0 Å². The summed E-state index contributed by atoms with van der Waals surface area (Å²) in [6, 6.07) is 0. The zero-order valence-electron chi connectivity index (χ0n) is 7.46. The van der Waals surface area contributed by atoms with Crippen molar-refractivity contribution in [1.82, 2.24) is 14.1 Å². The Morgan fingerprint density at radius 1 is 1.69 bits per heavy atom. The number of rotatable bonds is 3. The van der Waals surface area contributed by atoms with Crippen LogP contribution in [0.25, 0.3) is 0 Å². The number of hydrogen-bond acceptors (Lipinski definition) is 8. The van der Waals surface area contributed by atoms with Gasteiger partial charge in [0.1, 0.15) is 6.33 Å². The van der Waals surface area contributed by atoms with Crippen LogP contribution < -0.4 is 4.72 Å². The molecule has 0 bridgehead atoms. The van der Waals surface area contributed by atoms with Gasteiger partial charge in [-0.05, 0) is 11.9 Å². The Morgan fingerprint density at radius 3 is 3.06 bits per heavy atom. The molecular weight excluding hydrogens is 331 g/mol. The molecule has 2 atom stereocenters. The van der Waals surface area contributed by atoms with Gasteiger partial charge in [0.05, 0.1) is 12.0 Å². The molecule has 0 spiro atoms. The maximum Gasteiger partial charge on any atom is 0.343 e. The van der Waals surface area contributed by atoms with Crippen molar-refractivity contribution in [3.8, 4) is 0 Å². The molecule has 0 aromatic carbocycles. The van der Waals surface area contributed by atoms with Crippen molar-refractivity contribution >= 4 is 72.3 Å². The Bertz CT molecular complexity index is 390. The van der Waals surface area contributed by atoms with Gasteiger partial charge < -0.3 is 4.55 Å². The Morgan fingerprint density at radius 2 is 2.50 bits per heavy atom. The smallest absolute Gasteiger partial charge is 0.324 e. The summed E-state index contributed by atoms with van der Waals surface area (Å²) in [5.41, 5.74) is 0. The van der Waals surface area contributed by atoms with Crippen LogP contribution in [0.15, 0.2) is 15.7 Å². The van der Waals surface area contributed by atoms with E-state index in [1.54, 1.807) is 0 Å². The molecule has 0 radical (unpaired) electrons. The molecule has 2 rings (SSSR count). The van der Waals surface area contributed by atoms with Crippen molar-refractivity contribution in [3.05, 3.63) is 6.33 Å². The lowest BCUT2D eigenvalue weighted by Gasteiger charge is -2.12. The van der Waals surface area contributed by atoms with Crippen LogP contribution in [-0.4, -0.2) is 29.2 Å². The van der Waals surface area contributed by atoms with E-state index in [1.165, 1.54) is 29.8 Å². The SMILES string of the molecule is OSC1=N[C@@](Cl)(C[S+](Cl)c2ncns2)NS1. The Hall–Kier alpha value is 0.780. The van der Waals surface area contributed by atoms with Gasteiger partial charge in [0.2, 0.25) is 5.12 Å². The first kappa shape index (κ1) is 13.2. The van der Waals surface area contributed by atoms with Crippen molar-refractivity contribution in [3.63, 3.8) is 0 Å². The van der Waals surface area contributed by atoms with Crippen LogP contribution in [0.2, 0.25) is 0 Å². The Balaban J connectivity index is 2.02. The first-order valence-corrected chi connectivity index (χ1v) is 8.77. The zero-order chi connectivity index (χ0) is 11.6.